The molecule has 5 heteroatoms. The third-order valence-electron chi connectivity index (χ3n) is 3.05. The Morgan fingerprint density at radius 2 is 1.75 bits per heavy atom. The lowest BCUT2D eigenvalue weighted by Crippen LogP contribution is -2.30. The molecule has 0 saturated carbocycles. The van der Waals surface area contributed by atoms with E-state index < -0.39 is 14.3 Å². The molecule has 4 nitrogen and oxygen atoms in total. The standard InChI is InChI=1S/C15H13O4P/c1-18-14-9-5-8-13(10-14)15(11-16,19-20-17)12-6-3-2-4-7-12/h2-11H,1H3. The first kappa shape index (κ1) is 14.4. The van der Waals surface area contributed by atoms with Crippen molar-refractivity contribution in [2.24, 2.45) is 0 Å². The number of carbonyl (C=O) groups is 1. The topological polar surface area (TPSA) is 52.6 Å². The molecule has 0 amide bonds. The quantitative estimate of drug-likeness (QED) is 0.604. The van der Waals surface area contributed by atoms with Gasteiger partial charge in [0.25, 0.3) is 0 Å². The number of aldehydes is 1. The van der Waals surface area contributed by atoms with Crippen LogP contribution in [0.15, 0.2) is 54.6 Å². The Labute approximate surface area is 118 Å². The fourth-order valence-corrected chi connectivity index (χ4v) is 2.40. The van der Waals surface area contributed by atoms with Gasteiger partial charge in [-0.05, 0) is 17.7 Å². The van der Waals surface area contributed by atoms with Crippen LogP contribution in [-0.2, 0) is 19.5 Å². The molecule has 0 N–H and O–H groups in total. The molecule has 20 heavy (non-hydrogen) atoms. The van der Waals surface area contributed by atoms with Crippen LogP contribution >= 0.6 is 8.69 Å². The summed E-state index contributed by atoms with van der Waals surface area (Å²) in [6, 6.07) is 15.8. The van der Waals surface area contributed by atoms with Crippen LogP contribution in [0, 0.1) is 0 Å². The zero-order valence-corrected chi connectivity index (χ0v) is 11.7. The highest BCUT2D eigenvalue weighted by molar-refractivity contribution is 7.17. The minimum atomic E-state index is -1.42. The van der Waals surface area contributed by atoms with E-state index in [0.717, 1.165) is 0 Å². The van der Waals surface area contributed by atoms with E-state index in [2.05, 4.69) is 0 Å². The smallest absolute Gasteiger partial charge is 0.329 e. The van der Waals surface area contributed by atoms with Gasteiger partial charge in [0.2, 0.25) is 0 Å². The fraction of sp³-hybridized carbons (Fsp3) is 0.133. The van der Waals surface area contributed by atoms with Gasteiger partial charge in [-0.3, -0.25) is 9.32 Å². The van der Waals surface area contributed by atoms with Crippen molar-refractivity contribution in [3.63, 3.8) is 0 Å². The minimum Gasteiger partial charge on any atom is -0.497 e. The van der Waals surface area contributed by atoms with Crippen molar-refractivity contribution < 1.29 is 18.6 Å². The number of rotatable bonds is 6. The van der Waals surface area contributed by atoms with Gasteiger partial charge in [0.1, 0.15) is 5.75 Å². The lowest BCUT2D eigenvalue weighted by molar-refractivity contribution is -0.118. The van der Waals surface area contributed by atoms with Crippen LogP contribution in [0.4, 0.5) is 0 Å². The van der Waals surface area contributed by atoms with Crippen molar-refractivity contribution in [2.45, 2.75) is 5.60 Å². The van der Waals surface area contributed by atoms with Crippen LogP contribution in [0.3, 0.4) is 0 Å². The summed E-state index contributed by atoms with van der Waals surface area (Å²) in [6.07, 6.45) is 0.641. The van der Waals surface area contributed by atoms with E-state index >= 15 is 0 Å². The van der Waals surface area contributed by atoms with Crippen molar-refractivity contribution in [1.82, 2.24) is 0 Å². The van der Waals surface area contributed by atoms with Crippen LogP contribution in [0.5, 0.6) is 5.75 Å². The summed E-state index contributed by atoms with van der Waals surface area (Å²) in [4.78, 5) is 11.7. The van der Waals surface area contributed by atoms with E-state index in [9.17, 15) is 9.36 Å². The van der Waals surface area contributed by atoms with Gasteiger partial charge in [-0.1, -0.05) is 42.5 Å². The van der Waals surface area contributed by atoms with Crippen LogP contribution in [-0.4, -0.2) is 13.4 Å². The maximum Gasteiger partial charge on any atom is 0.329 e. The van der Waals surface area contributed by atoms with Crippen LogP contribution < -0.4 is 4.74 Å². The third-order valence-corrected chi connectivity index (χ3v) is 3.41. The minimum absolute atomic E-state index is 0.557. The van der Waals surface area contributed by atoms with Gasteiger partial charge < -0.3 is 4.74 Å². The molecule has 2 aromatic carbocycles. The summed E-state index contributed by atoms with van der Waals surface area (Å²) >= 11 is 0. The molecular formula is C15H13O4P. The largest absolute Gasteiger partial charge is 0.497 e. The Bertz CT molecular complexity index is 600. The first-order valence-electron chi connectivity index (χ1n) is 5.94. The third kappa shape index (κ3) is 2.62. The predicted molar refractivity (Wildman–Crippen MR) is 75.0 cm³/mol. The average Bonchev–Trinajstić information content (AvgIpc) is 2.53. The second-order valence-corrected chi connectivity index (χ2v) is 4.45. The van der Waals surface area contributed by atoms with E-state index in [1.165, 1.54) is 7.11 Å². The molecule has 0 aliphatic rings. The van der Waals surface area contributed by atoms with Crippen LogP contribution in [0.1, 0.15) is 11.1 Å². The Morgan fingerprint density at radius 1 is 1.05 bits per heavy atom. The van der Waals surface area contributed by atoms with E-state index in [0.29, 0.717) is 23.2 Å². The monoisotopic (exact) mass is 288 g/mol. The zero-order valence-electron chi connectivity index (χ0n) is 10.9. The molecule has 1 unspecified atom stereocenters. The summed E-state index contributed by atoms with van der Waals surface area (Å²) in [5, 5.41) is 0. The van der Waals surface area contributed by atoms with E-state index in [1.54, 1.807) is 48.5 Å². The van der Waals surface area contributed by atoms with E-state index in [-0.39, 0.29) is 0 Å². The second kappa shape index (κ2) is 6.42. The SMILES string of the molecule is COc1cccc(C(C=O)(OP=O)c2ccccc2)c1. The molecule has 102 valence electrons. The number of carbonyl (C=O) groups excluding carboxylic acids is 1. The summed E-state index contributed by atoms with van der Waals surface area (Å²) in [5.41, 5.74) is -0.257. The van der Waals surface area contributed by atoms with Gasteiger partial charge in [-0.15, -0.1) is 0 Å². The predicted octanol–water partition coefficient (Wildman–Crippen LogP) is 3.36. The number of hydrogen-bond donors (Lipinski definition) is 0. The van der Waals surface area contributed by atoms with Gasteiger partial charge >= 0.3 is 8.69 Å². The molecule has 0 fully saturated rings. The summed E-state index contributed by atoms with van der Waals surface area (Å²) < 4.78 is 21.4. The maximum absolute atomic E-state index is 11.7. The Morgan fingerprint density at radius 3 is 2.35 bits per heavy atom. The highest BCUT2D eigenvalue weighted by atomic mass is 31.1. The number of ether oxygens (including phenoxy) is 1. The molecule has 0 radical (unpaired) electrons. The number of hydrogen-bond acceptors (Lipinski definition) is 4. The molecule has 0 aliphatic heterocycles. The summed E-state index contributed by atoms with van der Waals surface area (Å²) in [6.45, 7) is 0. The summed E-state index contributed by atoms with van der Waals surface area (Å²) in [7, 11) is 0.967. The van der Waals surface area contributed by atoms with Crippen molar-refractivity contribution in [1.29, 1.82) is 0 Å². The molecule has 0 saturated heterocycles. The molecule has 0 aromatic heterocycles. The number of methoxy groups -OCH3 is 1. The molecule has 0 heterocycles. The van der Waals surface area contributed by atoms with Gasteiger partial charge in [0.15, 0.2) is 11.9 Å². The molecule has 1 atom stereocenters. The Balaban J connectivity index is 2.62. The normalized spacial score (nSPS) is 13.7. The number of benzene rings is 2. The highest BCUT2D eigenvalue weighted by Gasteiger charge is 2.36. The summed E-state index contributed by atoms with van der Waals surface area (Å²) in [5.74, 6) is 0.593. The first-order chi connectivity index (χ1) is 9.76. The highest BCUT2D eigenvalue weighted by Crippen LogP contribution is 2.36. The van der Waals surface area contributed by atoms with Gasteiger partial charge in [-0.25, -0.2) is 4.57 Å². The molecule has 2 rings (SSSR count). The van der Waals surface area contributed by atoms with Crippen molar-refractivity contribution in [3.05, 3.63) is 65.7 Å². The van der Waals surface area contributed by atoms with E-state index in [4.69, 9.17) is 9.26 Å². The van der Waals surface area contributed by atoms with E-state index in [1.807, 2.05) is 6.07 Å². The second-order valence-electron chi connectivity index (χ2n) is 4.12. The average molecular weight is 288 g/mol. The van der Waals surface area contributed by atoms with Gasteiger partial charge in [0, 0.05) is 5.56 Å². The maximum atomic E-state index is 11.7. The molecule has 0 aliphatic carbocycles. The molecule has 2 aromatic rings. The fourth-order valence-electron chi connectivity index (χ4n) is 2.03. The van der Waals surface area contributed by atoms with Gasteiger partial charge in [0.05, 0.1) is 7.11 Å². The van der Waals surface area contributed by atoms with Crippen LogP contribution in [0.25, 0.3) is 0 Å². The molecular weight excluding hydrogens is 275 g/mol. The van der Waals surface area contributed by atoms with Crippen LogP contribution in [0.2, 0.25) is 0 Å². The molecule has 0 bridgehead atoms. The Kier molecular flexibility index (Phi) is 4.61. The first-order valence-corrected chi connectivity index (χ1v) is 6.67. The van der Waals surface area contributed by atoms with Crippen molar-refractivity contribution in [2.75, 3.05) is 7.11 Å². The molecule has 0 spiro atoms. The lowest BCUT2D eigenvalue weighted by atomic mass is 9.87. The Hall–Kier alpha value is -2.03. The van der Waals surface area contributed by atoms with Crippen molar-refractivity contribution in [3.8, 4) is 5.75 Å². The lowest BCUT2D eigenvalue weighted by Gasteiger charge is -2.26. The van der Waals surface area contributed by atoms with Crippen molar-refractivity contribution >= 4 is 15.0 Å². The van der Waals surface area contributed by atoms with Gasteiger partial charge in [-0.2, -0.15) is 0 Å². The zero-order chi connectivity index (χ0) is 14.4.